The number of aromatic nitrogens is 2. The Balaban J connectivity index is 1.88. The van der Waals surface area contributed by atoms with Gasteiger partial charge in [-0.15, -0.1) is 0 Å². The van der Waals surface area contributed by atoms with E-state index in [0.29, 0.717) is 23.5 Å². The second-order valence-corrected chi connectivity index (χ2v) is 6.21. The molecule has 0 bridgehead atoms. The minimum absolute atomic E-state index is 0.292. The molecule has 5 heteroatoms. The molecule has 3 N–H and O–H groups in total. The zero-order valence-corrected chi connectivity index (χ0v) is 13.7. The summed E-state index contributed by atoms with van der Waals surface area (Å²) in [6.07, 6.45) is 7.85. The number of nitrogens with zero attached hydrogens (tertiary/aromatic N) is 3. The predicted molar refractivity (Wildman–Crippen MR) is 95.2 cm³/mol. The molecule has 1 saturated carbocycles. The average Bonchev–Trinajstić information content (AvgIpc) is 3.23. The van der Waals surface area contributed by atoms with Crippen LogP contribution in [0.25, 0.3) is 11.2 Å². The van der Waals surface area contributed by atoms with Crippen molar-refractivity contribution < 1.29 is 0 Å². The monoisotopic (exact) mass is 309 g/mol. The minimum Gasteiger partial charge on any atom is -0.398 e. The van der Waals surface area contributed by atoms with Gasteiger partial charge in [0, 0.05) is 29.7 Å². The van der Waals surface area contributed by atoms with E-state index in [0.717, 1.165) is 16.8 Å². The molecule has 0 atom stereocenters. The Bertz CT molecular complexity index is 778. The second-order valence-electron chi connectivity index (χ2n) is 6.21. The van der Waals surface area contributed by atoms with Gasteiger partial charge in [-0.3, -0.25) is 0 Å². The molecule has 0 saturated heterocycles. The lowest BCUT2D eigenvalue weighted by Gasteiger charge is -2.05. The van der Waals surface area contributed by atoms with Gasteiger partial charge >= 0.3 is 0 Å². The molecule has 2 aromatic rings. The quantitative estimate of drug-likeness (QED) is 0.806. The number of fused-ring (bicyclic) bond motifs is 1. The summed E-state index contributed by atoms with van der Waals surface area (Å²) >= 11 is 0. The van der Waals surface area contributed by atoms with Crippen molar-refractivity contribution in [3.8, 4) is 0 Å². The largest absolute Gasteiger partial charge is 0.398 e. The molecule has 0 amide bonds. The van der Waals surface area contributed by atoms with Crippen LogP contribution in [0.5, 0.6) is 0 Å². The number of nitrogens with two attached hydrogens (primary N) is 1. The third-order valence-corrected chi connectivity index (χ3v) is 3.84. The van der Waals surface area contributed by atoms with Gasteiger partial charge in [0.05, 0.1) is 11.2 Å². The third kappa shape index (κ3) is 3.44. The maximum Gasteiger partial charge on any atom is 0.118 e. The highest BCUT2D eigenvalue weighted by atomic mass is 15.2. The Kier molecular flexibility index (Phi) is 4.19. The van der Waals surface area contributed by atoms with Crippen LogP contribution in [0.3, 0.4) is 0 Å². The number of hydrogen-bond acceptors (Lipinski definition) is 4. The fraction of sp³-hybridized carbons (Fsp3) is 0.333. The highest BCUT2D eigenvalue weighted by molar-refractivity contribution is 5.89. The van der Waals surface area contributed by atoms with Crippen LogP contribution in [0.4, 0.5) is 0 Å². The molecule has 2 heterocycles. The lowest BCUT2D eigenvalue weighted by atomic mass is 10.0. The molecule has 0 spiro atoms. The van der Waals surface area contributed by atoms with Crippen molar-refractivity contribution >= 4 is 17.4 Å². The highest BCUT2D eigenvalue weighted by Crippen LogP contribution is 2.26. The van der Waals surface area contributed by atoms with Gasteiger partial charge < -0.3 is 11.1 Å². The molecule has 0 unspecified atom stereocenters. The molecular formula is C18H23N5. The van der Waals surface area contributed by atoms with Crippen molar-refractivity contribution in [2.45, 2.75) is 38.6 Å². The summed E-state index contributed by atoms with van der Waals surface area (Å²) in [5, 5.41) is 7.89. The first kappa shape index (κ1) is 15.3. The van der Waals surface area contributed by atoms with Crippen LogP contribution >= 0.6 is 0 Å². The number of allylic oxidation sites excluding steroid dienone is 1. The first-order valence-corrected chi connectivity index (χ1v) is 7.99. The Morgan fingerprint density at radius 2 is 2.26 bits per heavy atom. The van der Waals surface area contributed by atoms with Gasteiger partial charge in [-0.05, 0) is 37.0 Å². The van der Waals surface area contributed by atoms with Crippen LogP contribution in [0, 0.1) is 0 Å². The summed E-state index contributed by atoms with van der Waals surface area (Å²) in [5.74, 6) is 0.973. The minimum atomic E-state index is 0.292. The molecule has 2 aromatic heterocycles. The molecule has 0 aliphatic heterocycles. The highest BCUT2D eigenvalue weighted by Gasteiger charge is 2.20. The molecule has 1 fully saturated rings. The van der Waals surface area contributed by atoms with Crippen molar-refractivity contribution in [1.82, 2.24) is 14.9 Å². The van der Waals surface area contributed by atoms with Crippen LogP contribution in [-0.4, -0.2) is 21.9 Å². The molecule has 1 aliphatic rings. The van der Waals surface area contributed by atoms with Crippen LogP contribution in [0.2, 0.25) is 0 Å². The number of aliphatic imine (C=N–C) groups is 1. The number of rotatable bonds is 6. The van der Waals surface area contributed by atoms with E-state index in [4.69, 9.17) is 5.73 Å². The normalized spacial score (nSPS) is 15.7. The summed E-state index contributed by atoms with van der Waals surface area (Å²) in [7, 11) is 0. The fourth-order valence-electron chi connectivity index (χ4n) is 2.51. The van der Waals surface area contributed by atoms with Gasteiger partial charge in [-0.25, -0.2) is 9.51 Å². The average molecular weight is 309 g/mol. The van der Waals surface area contributed by atoms with Gasteiger partial charge in [0.25, 0.3) is 0 Å². The maximum atomic E-state index is 6.31. The summed E-state index contributed by atoms with van der Waals surface area (Å²) in [4.78, 5) is 4.29. The Hall–Kier alpha value is -2.56. The Morgan fingerprint density at radius 3 is 2.96 bits per heavy atom. The van der Waals surface area contributed by atoms with Gasteiger partial charge in [-0.1, -0.05) is 26.5 Å². The summed E-state index contributed by atoms with van der Waals surface area (Å²) in [6, 6.07) is 6.53. The van der Waals surface area contributed by atoms with Crippen LogP contribution in [0.1, 0.15) is 43.9 Å². The lowest BCUT2D eigenvalue weighted by molar-refractivity contribution is 0.786. The van der Waals surface area contributed by atoms with Crippen LogP contribution in [-0.2, 0) is 0 Å². The van der Waals surface area contributed by atoms with E-state index in [-0.39, 0.29) is 0 Å². The molecule has 3 rings (SSSR count). The van der Waals surface area contributed by atoms with E-state index in [9.17, 15) is 0 Å². The van der Waals surface area contributed by atoms with Crippen molar-refractivity contribution in [1.29, 1.82) is 0 Å². The summed E-state index contributed by atoms with van der Waals surface area (Å²) in [5.41, 5.74) is 9.96. The SMILES string of the molecule is C=C(N=C/C=C(\N)c1c(C(C)C)nn2ccccc12)NC1CC1. The van der Waals surface area contributed by atoms with Crippen LogP contribution in [0.15, 0.2) is 47.9 Å². The first-order valence-electron chi connectivity index (χ1n) is 7.99. The van der Waals surface area contributed by atoms with E-state index < -0.39 is 0 Å². The second kappa shape index (κ2) is 6.28. The standard InChI is InChI=1S/C18H23N5/c1-12(2)18-17(16-6-4-5-11-23(16)22-18)15(19)9-10-20-13(3)21-14-7-8-14/h4-6,9-12,14,21H,3,7-8,19H2,1-2H3/b15-9-,20-10?. The molecule has 120 valence electrons. The fourth-order valence-corrected chi connectivity index (χ4v) is 2.51. The van der Waals surface area contributed by atoms with Crippen molar-refractivity contribution in [2.75, 3.05) is 0 Å². The Morgan fingerprint density at radius 1 is 1.48 bits per heavy atom. The van der Waals surface area contributed by atoms with Gasteiger partial charge in [-0.2, -0.15) is 5.10 Å². The van der Waals surface area contributed by atoms with Crippen molar-refractivity contribution in [2.24, 2.45) is 10.7 Å². The van der Waals surface area contributed by atoms with Gasteiger partial charge in [0.2, 0.25) is 0 Å². The van der Waals surface area contributed by atoms with E-state index in [2.05, 4.69) is 35.8 Å². The predicted octanol–water partition coefficient (Wildman–Crippen LogP) is 3.05. The van der Waals surface area contributed by atoms with Crippen molar-refractivity contribution in [3.05, 3.63) is 54.1 Å². The van der Waals surface area contributed by atoms with Crippen LogP contribution < -0.4 is 11.1 Å². The first-order chi connectivity index (χ1) is 11.1. The number of nitrogens with one attached hydrogen (secondary N) is 1. The number of hydrogen-bond donors (Lipinski definition) is 2. The van der Waals surface area contributed by atoms with Crippen molar-refractivity contribution in [3.63, 3.8) is 0 Å². The zero-order valence-electron chi connectivity index (χ0n) is 13.7. The zero-order chi connectivity index (χ0) is 16.4. The van der Waals surface area contributed by atoms with E-state index in [1.807, 2.05) is 35.0 Å². The third-order valence-electron chi connectivity index (χ3n) is 3.84. The van der Waals surface area contributed by atoms with Gasteiger partial charge in [0.15, 0.2) is 0 Å². The van der Waals surface area contributed by atoms with E-state index in [1.165, 1.54) is 12.8 Å². The Labute approximate surface area is 136 Å². The lowest BCUT2D eigenvalue weighted by Crippen LogP contribution is -2.12. The van der Waals surface area contributed by atoms with E-state index >= 15 is 0 Å². The van der Waals surface area contributed by atoms with E-state index in [1.54, 1.807) is 6.21 Å². The summed E-state index contributed by atoms with van der Waals surface area (Å²) < 4.78 is 1.87. The van der Waals surface area contributed by atoms with Gasteiger partial charge in [0.1, 0.15) is 5.82 Å². The molecular weight excluding hydrogens is 286 g/mol. The number of pyridine rings is 1. The maximum absolute atomic E-state index is 6.31. The molecule has 1 aliphatic carbocycles. The summed E-state index contributed by atoms with van der Waals surface area (Å²) in [6.45, 7) is 8.13. The molecule has 5 nitrogen and oxygen atoms in total. The smallest absolute Gasteiger partial charge is 0.118 e. The molecule has 0 radical (unpaired) electrons. The molecule has 0 aromatic carbocycles. The molecule has 23 heavy (non-hydrogen) atoms. The topological polar surface area (TPSA) is 67.7 Å².